The Bertz CT molecular complexity index is 764. The largest absolute Gasteiger partial charge is 0.345 e. The lowest BCUT2D eigenvalue weighted by Gasteiger charge is -2.06. The molecule has 0 radical (unpaired) electrons. The van der Waals surface area contributed by atoms with Crippen LogP contribution in [0.15, 0.2) is 48.8 Å². The van der Waals surface area contributed by atoms with Gasteiger partial charge in [-0.15, -0.1) is 0 Å². The average molecular weight is 280 g/mol. The molecule has 5 nitrogen and oxygen atoms in total. The SMILES string of the molecule is CCc1nc2ccccn2c1C(=O)NCc1ccccn1. The van der Waals surface area contributed by atoms with Gasteiger partial charge < -0.3 is 5.32 Å². The molecule has 0 spiro atoms. The molecule has 0 bridgehead atoms. The van der Waals surface area contributed by atoms with E-state index < -0.39 is 0 Å². The number of hydrogen-bond donors (Lipinski definition) is 1. The zero-order valence-corrected chi connectivity index (χ0v) is 11.8. The van der Waals surface area contributed by atoms with Gasteiger partial charge in [0.2, 0.25) is 0 Å². The number of aryl methyl sites for hydroxylation is 1. The summed E-state index contributed by atoms with van der Waals surface area (Å²) in [7, 11) is 0. The van der Waals surface area contributed by atoms with Gasteiger partial charge >= 0.3 is 0 Å². The molecular weight excluding hydrogens is 264 g/mol. The summed E-state index contributed by atoms with van der Waals surface area (Å²) in [6, 6.07) is 11.3. The molecule has 0 aliphatic heterocycles. The van der Waals surface area contributed by atoms with Gasteiger partial charge in [0.1, 0.15) is 11.3 Å². The Morgan fingerprint density at radius 3 is 2.86 bits per heavy atom. The van der Waals surface area contributed by atoms with Crippen molar-refractivity contribution >= 4 is 11.6 Å². The molecule has 0 aliphatic rings. The first kappa shape index (κ1) is 13.3. The number of pyridine rings is 2. The number of hydrogen-bond acceptors (Lipinski definition) is 3. The van der Waals surface area contributed by atoms with E-state index in [1.54, 1.807) is 6.20 Å². The fourth-order valence-electron chi connectivity index (χ4n) is 2.29. The summed E-state index contributed by atoms with van der Waals surface area (Å²) in [6.45, 7) is 2.40. The van der Waals surface area contributed by atoms with E-state index in [9.17, 15) is 4.79 Å². The predicted octanol–water partition coefficient (Wildman–Crippen LogP) is 2.22. The minimum atomic E-state index is -0.129. The van der Waals surface area contributed by atoms with E-state index >= 15 is 0 Å². The maximum Gasteiger partial charge on any atom is 0.270 e. The van der Waals surface area contributed by atoms with Crippen molar-refractivity contribution in [3.8, 4) is 0 Å². The highest BCUT2D eigenvalue weighted by Gasteiger charge is 2.17. The van der Waals surface area contributed by atoms with Gasteiger partial charge in [-0.1, -0.05) is 19.1 Å². The summed E-state index contributed by atoms with van der Waals surface area (Å²) in [5, 5.41) is 2.91. The Balaban J connectivity index is 1.87. The fourth-order valence-corrected chi connectivity index (χ4v) is 2.29. The van der Waals surface area contributed by atoms with Gasteiger partial charge in [0.15, 0.2) is 0 Å². The summed E-state index contributed by atoms with van der Waals surface area (Å²) < 4.78 is 1.83. The number of rotatable bonds is 4. The molecule has 0 fully saturated rings. The number of nitrogens with zero attached hydrogens (tertiary/aromatic N) is 3. The number of carbonyl (C=O) groups is 1. The maximum absolute atomic E-state index is 12.5. The van der Waals surface area contributed by atoms with Crippen LogP contribution in [0.3, 0.4) is 0 Å². The van der Waals surface area contributed by atoms with Crippen molar-refractivity contribution in [1.82, 2.24) is 19.7 Å². The standard InChI is InChI=1S/C16H16N4O/c1-2-13-15(20-10-6-4-8-14(20)19-13)16(21)18-11-12-7-3-5-9-17-12/h3-10H,2,11H2,1H3,(H,18,21). The Hall–Kier alpha value is -2.69. The second-order valence-corrected chi connectivity index (χ2v) is 4.69. The minimum Gasteiger partial charge on any atom is -0.345 e. The number of imidazole rings is 1. The van der Waals surface area contributed by atoms with Crippen LogP contribution in [0.5, 0.6) is 0 Å². The molecule has 5 heteroatoms. The molecule has 21 heavy (non-hydrogen) atoms. The fraction of sp³-hybridized carbons (Fsp3) is 0.188. The normalized spacial score (nSPS) is 10.7. The minimum absolute atomic E-state index is 0.129. The van der Waals surface area contributed by atoms with Crippen LogP contribution >= 0.6 is 0 Å². The lowest BCUT2D eigenvalue weighted by Crippen LogP contribution is -2.25. The molecule has 0 saturated heterocycles. The predicted molar refractivity (Wildman–Crippen MR) is 80.0 cm³/mol. The number of amides is 1. The lowest BCUT2D eigenvalue weighted by atomic mass is 10.2. The van der Waals surface area contributed by atoms with Gasteiger partial charge in [0, 0.05) is 12.4 Å². The first-order chi connectivity index (χ1) is 10.3. The molecule has 0 unspecified atom stereocenters. The Morgan fingerprint density at radius 1 is 1.24 bits per heavy atom. The third-order valence-electron chi connectivity index (χ3n) is 3.31. The van der Waals surface area contributed by atoms with Crippen LogP contribution in [-0.2, 0) is 13.0 Å². The smallest absolute Gasteiger partial charge is 0.270 e. The van der Waals surface area contributed by atoms with Crippen LogP contribution in [0.1, 0.15) is 28.8 Å². The van der Waals surface area contributed by atoms with Crippen LogP contribution in [0, 0.1) is 0 Å². The summed E-state index contributed by atoms with van der Waals surface area (Å²) >= 11 is 0. The Morgan fingerprint density at radius 2 is 2.10 bits per heavy atom. The molecule has 1 amide bonds. The molecule has 3 heterocycles. The average Bonchev–Trinajstić information content (AvgIpc) is 2.92. The first-order valence-electron chi connectivity index (χ1n) is 6.93. The zero-order valence-electron chi connectivity index (χ0n) is 11.8. The van der Waals surface area contributed by atoms with Gasteiger partial charge in [0.05, 0.1) is 17.9 Å². The molecule has 1 N–H and O–H groups in total. The highest BCUT2D eigenvalue weighted by atomic mass is 16.1. The Kier molecular flexibility index (Phi) is 3.64. The number of carbonyl (C=O) groups excluding carboxylic acids is 1. The van der Waals surface area contributed by atoms with Crippen LogP contribution in [0.4, 0.5) is 0 Å². The van der Waals surface area contributed by atoms with E-state index in [2.05, 4.69) is 15.3 Å². The third-order valence-corrected chi connectivity index (χ3v) is 3.31. The third kappa shape index (κ3) is 2.63. The molecular formula is C16H16N4O. The zero-order chi connectivity index (χ0) is 14.7. The summed E-state index contributed by atoms with van der Waals surface area (Å²) in [5.74, 6) is -0.129. The second-order valence-electron chi connectivity index (χ2n) is 4.69. The molecule has 0 saturated carbocycles. The number of aromatic nitrogens is 3. The molecule has 106 valence electrons. The van der Waals surface area contributed by atoms with Gasteiger partial charge in [-0.2, -0.15) is 0 Å². The maximum atomic E-state index is 12.5. The van der Waals surface area contributed by atoms with E-state index in [-0.39, 0.29) is 5.91 Å². The van der Waals surface area contributed by atoms with Gasteiger partial charge in [-0.05, 0) is 30.7 Å². The summed E-state index contributed by atoms with van der Waals surface area (Å²) in [6.07, 6.45) is 4.29. The van der Waals surface area contributed by atoms with Crippen LogP contribution in [-0.4, -0.2) is 20.3 Å². The van der Waals surface area contributed by atoms with Crippen molar-refractivity contribution in [3.63, 3.8) is 0 Å². The number of nitrogens with one attached hydrogen (secondary N) is 1. The van der Waals surface area contributed by atoms with Crippen LogP contribution < -0.4 is 5.32 Å². The quantitative estimate of drug-likeness (QED) is 0.797. The topological polar surface area (TPSA) is 59.3 Å². The van der Waals surface area contributed by atoms with E-state index in [0.29, 0.717) is 18.7 Å². The summed E-state index contributed by atoms with van der Waals surface area (Å²) in [5.41, 5.74) is 3.03. The Labute approximate surface area is 122 Å². The van der Waals surface area contributed by atoms with Crippen molar-refractivity contribution in [2.45, 2.75) is 19.9 Å². The molecule has 0 aliphatic carbocycles. The van der Waals surface area contributed by atoms with Crippen LogP contribution in [0.25, 0.3) is 5.65 Å². The molecule has 3 rings (SSSR count). The van der Waals surface area contributed by atoms with E-state index in [1.165, 1.54) is 0 Å². The van der Waals surface area contributed by atoms with E-state index in [1.807, 2.05) is 53.9 Å². The monoisotopic (exact) mass is 280 g/mol. The second kappa shape index (κ2) is 5.75. The van der Waals surface area contributed by atoms with Gasteiger partial charge in [0.25, 0.3) is 5.91 Å². The van der Waals surface area contributed by atoms with Crippen molar-refractivity contribution in [2.75, 3.05) is 0 Å². The first-order valence-corrected chi connectivity index (χ1v) is 6.93. The molecule has 0 aromatic carbocycles. The van der Waals surface area contributed by atoms with E-state index in [0.717, 1.165) is 17.0 Å². The van der Waals surface area contributed by atoms with Crippen molar-refractivity contribution in [2.24, 2.45) is 0 Å². The van der Waals surface area contributed by atoms with Crippen LogP contribution in [0.2, 0.25) is 0 Å². The highest BCUT2D eigenvalue weighted by molar-refractivity contribution is 5.94. The van der Waals surface area contributed by atoms with Gasteiger partial charge in [-0.3, -0.25) is 14.2 Å². The molecule has 0 atom stereocenters. The highest BCUT2D eigenvalue weighted by Crippen LogP contribution is 2.13. The van der Waals surface area contributed by atoms with E-state index in [4.69, 9.17) is 0 Å². The molecule has 3 aromatic rings. The van der Waals surface area contributed by atoms with Crippen molar-refractivity contribution in [3.05, 3.63) is 65.9 Å². The van der Waals surface area contributed by atoms with Crippen molar-refractivity contribution in [1.29, 1.82) is 0 Å². The lowest BCUT2D eigenvalue weighted by molar-refractivity contribution is 0.0943. The van der Waals surface area contributed by atoms with Crippen molar-refractivity contribution < 1.29 is 4.79 Å². The van der Waals surface area contributed by atoms with Gasteiger partial charge in [-0.25, -0.2) is 4.98 Å². The molecule has 3 aromatic heterocycles. The number of fused-ring (bicyclic) bond motifs is 1. The summed E-state index contributed by atoms with van der Waals surface area (Å²) in [4.78, 5) is 21.2.